The molecule has 0 heterocycles. The zero-order chi connectivity index (χ0) is 71.3. The Morgan fingerprint density at radius 3 is 1.00 bits per heavy atom. The van der Waals surface area contributed by atoms with Gasteiger partial charge in [-0.25, -0.2) is 0 Å². The lowest BCUT2D eigenvalue weighted by molar-refractivity contribution is 0.317. The van der Waals surface area contributed by atoms with E-state index in [1.807, 2.05) is 188 Å². The normalized spacial score (nSPS) is 9.44. The maximum atomic E-state index is 5.88. The fourth-order valence-corrected chi connectivity index (χ4v) is 8.53. The van der Waals surface area contributed by atoms with Gasteiger partial charge in [-0.15, -0.1) is 0 Å². The van der Waals surface area contributed by atoms with Gasteiger partial charge in [0.2, 0.25) is 5.75 Å². The van der Waals surface area contributed by atoms with Gasteiger partial charge >= 0.3 is 0 Å². The van der Waals surface area contributed by atoms with Crippen LogP contribution in [0.25, 0.3) is 0 Å². The lowest BCUT2D eigenvalue weighted by Crippen LogP contribution is -1.95. The second kappa shape index (κ2) is 48.6. The van der Waals surface area contributed by atoms with Gasteiger partial charge < -0.3 is 61.6 Å². The quantitative estimate of drug-likeness (QED) is 0.0914. The molecule has 0 bridgehead atoms. The summed E-state index contributed by atoms with van der Waals surface area (Å²) in [6, 6.07) is 57.0. The van der Waals surface area contributed by atoms with E-state index in [2.05, 4.69) is 71.0 Å². The lowest BCUT2D eigenvalue weighted by Gasteiger charge is -2.12. The molecule has 0 radical (unpaired) electrons. The molecule has 9 rings (SSSR count). The summed E-state index contributed by atoms with van der Waals surface area (Å²) < 4.78 is 66.5. The summed E-state index contributed by atoms with van der Waals surface area (Å²) >= 11 is 11.7. The molecule has 0 fully saturated rings. The van der Waals surface area contributed by atoms with E-state index in [1.54, 1.807) is 78.2 Å². The maximum absolute atomic E-state index is 5.88. The molecule has 0 aliphatic rings. The van der Waals surface area contributed by atoms with Crippen LogP contribution in [0.15, 0.2) is 176 Å². The van der Waals surface area contributed by atoms with Gasteiger partial charge in [0.1, 0.15) is 46.0 Å². The number of hydrogen-bond acceptors (Lipinski definition) is 13. The van der Waals surface area contributed by atoms with Crippen molar-refractivity contribution >= 4 is 23.2 Å². The summed E-state index contributed by atoms with van der Waals surface area (Å²) in [5.74, 6) is 10.4. The second-order valence-electron chi connectivity index (χ2n) is 21.1. The van der Waals surface area contributed by atoms with Crippen LogP contribution in [0.3, 0.4) is 0 Å². The van der Waals surface area contributed by atoms with E-state index in [4.69, 9.17) is 84.8 Å². The standard InChI is InChI=1S/C10H14O3.C10H14O.C9H11ClO.3C9H12O2.C8H9ClO.C8H10O.C8H10/c1-7-5-8(11-2)10(13-4)9(6-7)12-3;1-3-8-11-10-6-4-9(2)5-7-10;1-3-11-9-5-4-7(2)6-8(9)10;1-7-4-8(10-2)6-9(5-7)11-3;1-7-6-8(10-2)4-5-9(7)11-3;1-7-4-5-8(10-2)9(6-7)11-3;1-6-3-4-8(10-2)7(9)5-6;1-7-3-5-8(9-2)6-4-7;1-7-5-3-4-6-8(7)2/h5-6H,1-4H3;4-7H,3,8H2,1-2H3;4-6H,3H2,1-2H3;3*4-6H,1-3H3;3-5H,1-2H3;3-6H,1-2H3;3-6H,1-2H3. The number of rotatable bonds is 16. The van der Waals surface area contributed by atoms with Crippen LogP contribution in [0.5, 0.6) is 74.7 Å². The van der Waals surface area contributed by atoms with Gasteiger partial charge in [0.05, 0.1) is 101 Å². The third kappa shape index (κ3) is 34.1. The molecule has 0 saturated heterocycles. The Morgan fingerprint density at radius 2 is 0.621 bits per heavy atom. The molecule has 0 aromatic heterocycles. The van der Waals surface area contributed by atoms with Crippen molar-refractivity contribution in [3.05, 3.63) is 242 Å². The highest BCUT2D eigenvalue weighted by Crippen LogP contribution is 2.38. The SMILES string of the molecule is CCCOc1ccc(C)cc1.CCOc1ccc(C)cc1Cl.COc1cc(C)cc(OC)c1.COc1cc(C)cc(OC)c1OC.COc1ccc(C)cc1.COc1ccc(C)cc1Cl.COc1ccc(C)cc1OC.COc1ccc(OC)c(C)c1.Cc1ccccc1C. The predicted octanol–water partition coefficient (Wildman–Crippen LogP) is 20.9. The van der Waals surface area contributed by atoms with E-state index in [-0.39, 0.29) is 0 Å². The van der Waals surface area contributed by atoms with E-state index in [9.17, 15) is 0 Å². The first-order chi connectivity index (χ1) is 45.5. The average molecular weight is 1340 g/mol. The summed E-state index contributed by atoms with van der Waals surface area (Å²) in [5.41, 5.74) is 12.0. The van der Waals surface area contributed by atoms with Crippen LogP contribution in [0, 0.1) is 69.2 Å². The first-order valence-corrected chi connectivity index (χ1v) is 31.6. The van der Waals surface area contributed by atoms with Crippen molar-refractivity contribution in [2.24, 2.45) is 0 Å². The monoisotopic (exact) mass is 1340 g/mol. The number of halogens is 2. The van der Waals surface area contributed by atoms with Crippen LogP contribution in [0.4, 0.5) is 0 Å². The lowest BCUT2D eigenvalue weighted by atomic mass is 10.1. The van der Waals surface area contributed by atoms with Crippen molar-refractivity contribution in [1.29, 1.82) is 0 Å². The molecule has 9 aromatic carbocycles. The third-order valence-corrected chi connectivity index (χ3v) is 13.9. The first kappa shape index (κ1) is 84.0. The van der Waals surface area contributed by atoms with Crippen LogP contribution in [0.2, 0.25) is 10.0 Å². The molecule has 15 heteroatoms. The molecule has 0 amide bonds. The molecule has 516 valence electrons. The van der Waals surface area contributed by atoms with Gasteiger partial charge in [0.15, 0.2) is 23.0 Å². The van der Waals surface area contributed by atoms with Crippen molar-refractivity contribution in [2.45, 2.75) is 89.5 Å². The number of methoxy groups -OCH3 is 11. The van der Waals surface area contributed by atoms with Crippen molar-refractivity contribution < 1.29 is 61.6 Å². The zero-order valence-electron chi connectivity index (χ0n) is 60.4. The van der Waals surface area contributed by atoms with Gasteiger partial charge in [0.25, 0.3) is 0 Å². The molecule has 9 aromatic rings. The number of benzene rings is 9. The summed E-state index contributed by atoms with van der Waals surface area (Å²) in [6.45, 7) is 25.9. The van der Waals surface area contributed by atoms with Crippen molar-refractivity contribution in [1.82, 2.24) is 0 Å². The Morgan fingerprint density at radius 1 is 0.253 bits per heavy atom. The van der Waals surface area contributed by atoms with Crippen LogP contribution >= 0.6 is 23.2 Å². The van der Waals surface area contributed by atoms with Crippen LogP contribution < -0.4 is 61.6 Å². The minimum Gasteiger partial charge on any atom is -0.497 e. The Bertz CT molecular complexity index is 3470. The van der Waals surface area contributed by atoms with E-state index in [0.29, 0.717) is 33.9 Å². The highest BCUT2D eigenvalue weighted by Gasteiger charge is 2.11. The number of aryl methyl sites for hydroxylation is 10. The molecular formula is C80H104Cl2O13. The molecule has 0 saturated carbocycles. The van der Waals surface area contributed by atoms with Gasteiger partial charge in [0, 0.05) is 6.07 Å². The van der Waals surface area contributed by atoms with Gasteiger partial charge in [-0.2, -0.15) is 0 Å². The zero-order valence-corrected chi connectivity index (χ0v) is 61.9. The summed E-state index contributed by atoms with van der Waals surface area (Å²) in [4.78, 5) is 0. The highest BCUT2D eigenvalue weighted by atomic mass is 35.5. The van der Waals surface area contributed by atoms with Crippen molar-refractivity contribution in [3.8, 4) is 74.7 Å². The van der Waals surface area contributed by atoms with E-state index in [0.717, 1.165) is 98.3 Å². The van der Waals surface area contributed by atoms with Crippen LogP contribution in [-0.4, -0.2) is 91.4 Å². The number of hydrogen-bond donors (Lipinski definition) is 0. The van der Waals surface area contributed by atoms with Gasteiger partial charge in [-0.1, -0.05) is 108 Å². The van der Waals surface area contributed by atoms with Crippen molar-refractivity contribution in [3.63, 3.8) is 0 Å². The predicted molar refractivity (Wildman–Crippen MR) is 394 cm³/mol. The Balaban J connectivity index is 0.000000536. The molecule has 0 N–H and O–H groups in total. The summed E-state index contributed by atoms with van der Waals surface area (Å²) in [7, 11) is 18.0. The van der Waals surface area contributed by atoms with Gasteiger partial charge in [-0.05, 0) is 230 Å². The largest absolute Gasteiger partial charge is 0.497 e. The van der Waals surface area contributed by atoms with Crippen LogP contribution in [-0.2, 0) is 0 Å². The fraction of sp³-hybridized carbons (Fsp3) is 0.325. The molecule has 95 heavy (non-hydrogen) atoms. The smallest absolute Gasteiger partial charge is 0.203 e. The van der Waals surface area contributed by atoms with Gasteiger partial charge in [-0.3, -0.25) is 0 Å². The topological polar surface area (TPSA) is 120 Å². The molecule has 0 aliphatic heterocycles. The summed E-state index contributed by atoms with van der Waals surface area (Å²) in [5, 5.41) is 1.36. The first-order valence-electron chi connectivity index (χ1n) is 30.8. The maximum Gasteiger partial charge on any atom is 0.203 e. The molecule has 0 aliphatic carbocycles. The molecular weight excluding hydrogens is 1240 g/mol. The molecule has 0 atom stereocenters. The highest BCUT2D eigenvalue weighted by molar-refractivity contribution is 6.32. The van der Waals surface area contributed by atoms with E-state index < -0.39 is 0 Å². The number of ether oxygens (including phenoxy) is 13. The molecule has 13 nitrogen and oxygen atoms in total. The minimum absolute atomic E-state index is 0.635. The molecule has 0 unspecified atom stereocenters. The summed E-state index contributed by atoms with van der Waals surface area (Å²) in [6.07, 6.45) is 1.06. The van der Waals surface area contributed by atoms with Crippen LogP contribution in [0.1, 0.15) is 75.9 Å². The average Bonchev–Trinajstić information content (AvgIpc) is 1.21. The van der Waals surface area contributed by atoms with Crippen molar-refractivity contribution in [2.75, 3.05) is 91.4 Å². The Hall–Kier alpha value is -9.04. The third-order valence-electron chi connectivity index (χ3n) is 13.3. The fourth-order valence-electron chi connectivity index (χ4n) is 7.92. The Kier molecular flexibility index (Phi) is 43.0. The Labute approximate surface area is 579 Å². The van der Waals surface area contributed by atoms with E-state index in [1.165, 1.54) is 27.8 Å². The van der Waals surface area contributed by atoms with E-state index >= 15 is 0 Å². The molecule has 0 spiro atoms. The second-order valence-corrected chi connectivity index (χ2v) is 21.9. The minimum atomic E-state index is 0.635.